The minimum Gasteiger partial charge on any atom is -0.495 e. The Morgan fingerprint density at radius 1 is 0.933 bits per heavy atom. The highest BCUT2D eigenvalue weighted by atomic mass is 32.2. The molecule has 0 aliphatic heterocycles. The van der Waals surface area contributed by atoms with E-state index >= 15 is 0 Å². The quantitative estimate of drug-likeness (QED) is 0.594. The van der Waals surface area contributed by atoms with E-state index < -0.39 is 9.84 Å². The molecular weight excluding hydrogens is 400 g/mol. The van der Waals surface area contributed by atoms with Crippen LogP contribution in [0.1, 0.15) is 11.1 Å². The topological polar surface area (TPSA) is 84.5 Å². The molecule has 0 bridgehead atoms. The third kappa shape index (κ3) is 4.63. The van der Waals surface area contributed by atoms with Crippen molar-refractivity contribution in [1.82, 2.24) is 0 Å². The number of amides is 1. The van der Waals surface area contributed by atoms with E-state index in [9.17, 15) is 13.2 Å². The second kappa shape index (κ2) is 9.00. The highest BCUT2D eigenvalue weighted by Crippen LogP contribution is 2.35. The summed E-state index contributed by atoms with van der Waals surface area (Å²) in [5.74, 6) is -0.0773. The SMILES string of the molecule is COc1cccc(NCC(=O)Nc2ccc(C)cc2C)c1S(=O)(=O)c1ccccc1. The van der Waals surface area contributed by atoms with Crippen molar-refractivity contribution in [3.05, 3.63) is 77.9 Å². The maximum Gasteiger partial charge on any atom is 0.243 e. The second-order valence-corrected chi connectivity index (χ2v) is 8.76. The maximum absolute atomic E-state index is 13.2. The summed E-state index contributed by atoms with van der Waals surface area (Å²) in [5.41, 5.74) is 3.08. The van der Waals surface area contributed by atoms with E-state index in [1.54, 1.807) is 36.4 Å². The molecule has 156 valence electrons. The second-order valence-electron chi connectivity index (χ2n) is 6.87. The number of carbonyl (C=O) groups is 1. The molecule has 0 aliphatic carbocycles. The standard InChI is InChI=1S/C23H24N2O4S/c1-16-12-13-19(17(2)14-16)25-22(26)15-24-20-10-7-11-21(29-3)23(20)30(27,28)18-8-5-4-6-9-18/h4-14,24H,15H2,1-3H3,(H,25,26). The van der Waals surface area contributed by atoms with Crippen LogP contribution in [0.3, 0.4) is 0 Å². The van der Waals surface area contributed by atoms with E-state index in [2.05, 4.69) is 10.6 Å². The predicted octanol–water partition coefficient (Wildman–Crippen LogP) is 4.20. The van der Waals surface area contributed by atoms with Crippen molar-refractivity contribution >= 4 is 27.1 Å². The lowest BCUT2D eigenvalue weighted by molar-refractivity contribution is -0.114. The van der Waals surface area contributed by atoms with Gasteiger partial charge >= 0.3 is 0 Å². The van der Waals surface area contributed by atoms with E-state index in [4.69, 9.17) is 4.74 Å². The number of sulfone groups is 1. The summed E-state index contributed by atoms with van der Waals surface area (Å²) in [5, 5.41) is 5.79. The number of benzene rings is 3. The molecule has 1 amide bonds. The first-order chi connectivity index (χ1) is 14.3. The number of rotatable bonds is 7. The fourth-order valence-electron chi connectivity index (χ4n) is 3.13. The van der Waals surface area contributed by atoms with Gasteiger partial charge in [0.25, 0.3) is 0 Å². The summed E-state index contributed by atoms with van der Waals surface area (Å²) in [6, 6.07) is 18.7. The minimum atomic E-state index is -3.85. The molecule has 0 radical (unpaired) electrons. The van der Waals surface area contributed by atoms with Crippen LogP contribution in [0, 0.1) is 13.8 Å². The van der Waals surface area contributed by atoms with Gasteiger partial charge in [-0.3, -0.25) is 4.79 Å². The van der Waals surface area contributed by atoms with Crippen molar-refractivity contribution in [2.24, 2.45) is 0 Å². The molecule has 0 fully saturated rings. The molecule has 7 heteroatoms. The summed E-state index contributed by atoms with van der Waals surface area (Å²) in [4.78, 5) is 12.6. The molecule has 0 heterocycles. The molecule has 3 rings (SSSR count). The van der Waals surface area contributed by atoms with Gasteiger partial charge in [0.15, 0.2) is 0 Å². The zero-order valence-corrected chi connectivity index (χ0v) is 17.9. The average molecular weight is 425 g/mol. The lowest BCUT2D eigenvalue weighted by Gasteiger charge is -2.16. The molecule has 0 saturated heterocycles. The highest BCUT2D eigenvalue weighted by molar-refractivity contribution is 7.91. The first-order valence-electron chi connectivity index (χ1n) is 9.41. The predicted molar refractivity (Wildman–Crippen MR) is 118 cm³/mol. The molecule has 0 aliphatic rings. The lowest BCUT2D eigenvalue weighted by atomic mass is 10.1. The van der Waals surface area contributed by atoms with Gasteiger partial charge in [0.05, 0.1) is 24.2 Å². The van der Waals surface area contributed by atoms with Crippen LogP contribution in [-0.4, -0.2) is 28.0 Å². The third-order valence-electron chi connectivity index (χ3n) is 4.62. The normalized spacial score (nSPS) is 11.0. The number of aryl methyl sites for hydroxylation is 2. The molecule has 6 nitrogen and oxygen atoms in total. The number of anilines is 2. The minimum absolute atomic E-state index is 0.00184. The first-order valence-corrected chi connectivity index (χ1v) is 10.9. The van der Waals surface area contributed by atoms with Gasteiger partial charge in [-0.1, -0.05) is 42.0 Å². The largest absolute Gasteiger partial charge is 0.495 e. The number of nitrogens with one attached hydrogen (secondary N) is 2. The Bertz CT molecular complexity index is 1160. The third-order valence-corrected chi connectivity index (χ3v) is 6.47. The monoisotopic (exact) mass is 424 g/mol. The van der Waals surface area contributed by atoms with E-state index in [0.29, 0.717) is 5.69 Å². The van der Waals surface area contributed by atoms with Crippen LogP contribution < -0.4 is 15.4 Å². The molecule has 3 aromatic carbocycles. The van der Waals surface area contributed by atoms with E-state index in [1.165, 1.54) is 19.2 Å². The Hall–Kier alpha value is -3.32. The summed E-state index contributed by atoms with van der Waals surface area (Å²) in [7, 11) is -2.44. The molecule has 30 heavy (non-hydrogen) atoms. The van der Waals surface area contributed by atoms with Crippen LogP contribution in [0.25, 0.3) is 0 Å². The van der Waals surface area contributed by atoms with E-state index in [0.717, 1.165) is 16.8 Å². The van der Waals surface area contributed by atoms with Gasteiger partial charge in [-0.15, -0.1) is 0 Å². The molecule has 3 aromatic rings. The van der Waals surface area contributed by atoms with Crippen LogP contribution >= 0.6 is 0 Å². The van der Waals surface area contributed by atoms with Crippen LogP contribution in [0.5, 0.6) is 5.75 Å². The van der Waals surface area contributed by atoms with Crippen LogP contribution in [-0.2, 0) is 14.6 Å². The molecular formula is C23H24N2O4S. The van der Waals surface area contributed by atoms with Gasteiger partial charge in [0, 0.05) is 5.69 Å². The van der Waals surface area contributed by atoms with Gasteiger partial charge in [-0.2, -0.15) is 0 Å². The Labute approximate surface area is 176 Å². The van der Waals surface area contributed by atoms with Gasteiger partial charge in [-0.25, -0.2) is 8.42 Å². The number of hydrogen-bond donors (Lipinski definition) is 2. The highest BCUT2D eigenvalue weighted by Gasteiger charge is 2.26. The zero-order valence-electron chi connectivity index (χ0n) is 17.1. The fourth-order valence-corrected chi connectivity index (χ4v) is 4.73. The maximum atomic E-state index is 13.2. The lowest BCUT2D eigenvalue weighted by Crippen LogP contribution is -2.23. The molecule has 0 atom stereocenters. The molecule has 0 spiro atoms. The number of carbonyl (C=O) groups excluding carboxylic acids is 1. The molecule has 0 unspecified atom stereocenters. The Balaban J connectivity index is 1.85. The summed E-state index contributed by atoms with van der Waals surface area (Å²) >= 11 is 0. The fraction of sp³-hybridized carbons (Fsp3) is 0.174. The molecule has 2 N–H and O–H groups in total. The van der Waals surface area contributed by atoms with Gasteiger partial charge < -0.3 is 15.4 Å². The van der Waals surface area contributed by atoms with Crippen LogP contribution in [0.15, 0.2) is 76.5 Å². The summed E-state index contributed by atoms with van der Waals surface area (Å²) < 4.78 is 31.8. The Morgan fingerprint density at radius 2 is 1.67 bits per heavy atom. The van der Waals surface area contributed by atoms with Gasteiger partial charge in [0.2, 0.25) is 15.7 Å². The van der Waals surface area contributed by atoms with E-state index in [-0.39, 0.29) is 28.0 Å². The smallest absolute Gasteiger partial charge is 0.243 e. The molecule has 0 aromatic heterocycles. The van der Waals surface area contributed by atoms with E-state index in [1.807, 2.05) is 32.0 Å². The van der Waals surface area contributed by atoms with Crippen molar-refractivity contribution in [3.63, 3.8) is 0 Å². The van der Waals surface area contributed by atoms with Gasteiger partial charge in [0.1, 0.15) is 10.6 Å². The molecule has 0 saturated carbocycles. The Kier molecular flexibility index (Phi) is 6.42. The number of ether oxygens (including phenoxy) is 1. The first kappa shape index (κ1) is 21.4. The van der Waals surface area contributed by atoms with Crippen molar-refractivity contribution in [3.8, 4) is 5.75 Å². The number of hydrogen-bond acceptors (Lipinski definition) is 5. The van der Waals surface area contributed by atoms with Crippen molar-refractivity contribution < 1.29 is 17.9 Å². The average Bonchev–Trinajstić information content (AvgIpc) is 2.74. The van der Waals surface area contributed by atoms with Crippen LogP contribution in [0.2, 0.25) is 0 Å². The van der Waals surface area contributed by atoms with Crippen molar-refractivity contribution in [2.75, 3.05) is 24.3 Å². The van der Waals surface area contributed by atoms with Gasteiger partial charge in [-0.05, 0) is 49.7 Å². The van der Waals surface area contributed by atoms with Crippen LogP contribution in [0.4, 0.5) is 11.4 Å². The summed E-state index contributed by atoms with van der Waals surface area (Å²) in [6.45, 7) is 3.80. The van der Waals surface area contributed by atoms with Crippen molar-refractivity contribution in [1.29, 1.82) is 0 Å². The van der Waals surface area contributed by atoms with Crippen molar-refractivity contribution in [2.45, 2.75) is 23.6 Å². The Morgan fingerprint density at radius 3 is 2.33 bits per heavy atom. The zero-order chi connectivity index (χ0) is 21.7. The summed E-state index contributed by atoms with van der Waals surface area (Å²) in [6.07, 6.45) is 0. The number of methoxy groups -OCH3 is 1.